The van der Waals surface area contributed by atoms with Crippen LogP contribution in [0.3, 0.4) is 0 Å². The van der Waals surface area contributed by atoms with Gasteiger partial charge < -0.3 is 14.8 Å². The Morgan fingerprint density at radius 2 is 2.16 bits per heavy atom. The highest BCUT2D eigenvalue weighted by Crippen LogP contribution is 2.34. The van der Waals surface area contributed by atoms with E-state index in [1.807, 2.05) is 24.4 Å². The summed E-state index contributed by atoms with van der Waals surface area (Å²) in [6.45, 7) is 3.01. The molecule has 1 fully saturated rings. The van der Waals surface area contributed by atoms with Crippen LogP contribution in [0.5, 0.6) is 0 Å². The van der Waals surface area contributed by atoms with Crippen molar-refractivity contribution >= 4 is 22.5 Å². The molecule has 3 aromatic rings. The predicted molar refractivity (Wildman–Crippen MR) is 96.7 cm³/mol. The molecule has 2 aliphatic rings. The number of nitrogens with zero attached hydrogens (tertiary/aromatic N) is 5. The minimum Gasteiger partial charge on any atom is -0.366 e. The fourth-order valence-corrected chi connectivity index (χ4v) is 4.18. The van der Waals surface area contributed by atoms with Crippen LogP contribution in [0.2, 0.25) is 0 Å². The van der Waals surface area contributed by atoms with Crippen LogP contribution < -0.4 is 9.80 Å². The maximum atomic E-state index is 9.09. The Bertz CT molecular complexity index is 985. The van der Waals surface area contributed by atoms with Crippen molar-refractivity contribution in [3.63, 3.8) is 0 Å². The van der Waals surface area contributed by atoms with Gasteiger partial charge in [0.25, 0.3) is 0 Å². The lowest BCUT2D eigenvalue weighted by molar-refractivity contribution is 0.659. The molecule has 1 saturated heterocycles. The summed E-state index contributed by atoms with van der Waals surface area (Å²) in [7, 11) is 0. The molecule has 6 nitrogen and oxygen atoms in total. The normalized spacial score (nSPS) is 19.4. The second-order valence-corrected chi connectivity index (χ2v) is 6.72. The summed E-state index contributed by atoms with van der Waals surface area (Å²) in [4.78, 5) is 16.8. The Balaban J connectivity index is 1.41. The number of hydrogen-bond donors (Lipinski definition) is 1. The Labute approximate surface area is 145 Å². The number of hydrogen-bond acceptors (Lipinski definition) is 5. The lowest BCUT2D eigenvalue weighted by atomic mass is 10.1. The van der Waals surface area contributed by atoms with Crippen molar-refractivity contribution in [2.24, 2.45) is 0 Å². The number of nitrogens with one attached hydrogen (secondary N) is 1. The molecule has 0 radical (unpaired) electrons. The molecule has 124 valence electrons. The van der Waals surface area contributed by atoms with Gasteiger partial charge in [-0.25, -0.2) is 9.97 Å². The fourth-order valence-electron chi connectivity index (χ4n) is 4.18. The number of benzene rings is 1. The summed E-state index contributed by atoms with van der Waals surface area (Å²) < 4.78 is 0. The molecule has 0 bridgehead atoms. The summed E-state index contributed by atoms with van der Waals surface area (Å²) in [6.07, 6.45) is 5.70. The van der Waals surface area contributed by atoms with Crippen LogP contribution in [0.4, 0.5) is 11.5 Å². The molecule has 25 heavy (non-hydrogen) atoms. The zero-order chi connectivity index (χ0) is 16.8. The number of fused-ring (bicyclic) bond motifs is 2. The van der Waals surface area contributed by atoms with E-state index < -0.39 is 0 Å². The largest absolute Gasteiger partial charge is 0.366 e. The second kappa shape index (κ2) is 5.49. The average molecular weight is 330 g/mol. The van der Waals surface area contributed by atoms with E-state index in [4.69, 9.17) is 5.26 Å². The summed E-state index contributed by atoms with van der Waals surface area (Å²) in [5.41, 5.74) is 4.24. The second-order valence-electron chi connectivity index (χ2n) is 6.72. The van der Waals surface area contributed by atoms with Gasteiger partial charge in [0.1, 0.15) is 17.8 Å². The van der Waals surface area contributed by atoms with Crippen molar-refractivity contribution in [2.45, 2.75) is 18.9 Å². The molecular weight excluding hydrogens is 312 g/mol. The highest BCUT2D eigenvalue weighted by molar-refractivity contribution is 5.87. The predicted octanol–water partition coefficient (Wildman–Crippen LogP) is 2.47. The zero-order valence-electron chi connectivity index (χ0n) is 13.8. The molecule has 2 aliphatic heterocycles. The molecule has 0 unspecified atom stereocenters. The van der Waals surface area contributed by atoms with Gasteiger partial charge in [0.2, 0.25) is 0 Å². The molecule has 0 spiro atoms. The molecule has 4 heterocycles. The lowest BCUT2D eigenvalue weighted by Crippen LogP contribution is -2.36. The van der Waals surface area contributed by atoms with E-state index in [0.717, 1.165) is 54.9 Å². The van der Waals surface area contributed by atoms with Gasteiger partial charge in [0.05, 0.1) is 17.0 Å². The molecule has 1 atom stereocenters. The third-order valence-corrected chi connectivity index (χ3v) is 5.38. The number of anilines is 2. The van der Waals surface area contributed by atoms with Crippen LogP contribution >= 0.6 is 0 Å². The molecular formula is C19H18N6. The van der Waals surface area contributed by atoms with Gasteiger partial charge in [-0.2, -0.15) is 5.26 Å². The molecule has 5 rings (SSSR count). The van der Waals surface area contributed by atoms with Gasteiger partial charge in [0.15, 0.2) is 0 Å². The molecule has 0 aliphatic carbocycles. The van der Waals surface area contributed by atoms with Crippen LogP contribution in [0.1, 0.15) is 17.5 Å². The highest BCUT2D eigenvalue weighted by Gasteiger charge is 2.32. The van der Waals surface area contributed by atoms with Crippen LogP contribution in [-0.4, -0.2) is 40.6 Å². The van der Waals surface area contributed by atoms with Crippen molar-refractivity contribution in [1.29, 1.82) is 5.26 Å². The Kier molecular flexibility index (Phi) is 3.14. The van der Waals surface area contributed by atoms with Gasteiger partial charge in [-0.05, 0) is 42.7 Å². The van der Waals surface area contributed by atoms with E-state index in [1.54, 1.807) is 6.33 Å². The van der Waals surface area contributed by atoms with E-state index in [9.17, 15) is 0 Å². The van der Waals surface area contributed by atoms with Gasteiger partial charge in [-0.3, -0.25) is 0 Å². The smallest absolute Gasteiger partial charge is 0.142 e. The third-order valence-electron chi connectivity index (χ3n) is 5.38. The number of aromatic nitrogens is 3. The quantitative estimate of drug-likeness (QED) is 0.781. The molecule has 1 aromatic carbocycles. The lowest BCUT2D eigenvalue weighted by Gasteiger charge is -2.27. The van der Waals surface area contributed by atoms with Gasteiger partial charge >= 0.3 is 0 Å². The number of rotatable bonds is 2. The highest BCUT2D eigenvalue weighted by atomic mass is 15.3. The SMILES string of the molecule is N#Cc1ccc2c(c1)CCN2[C@@H]1CCN(c2ncnc3[nH]ccc23)C1. The maximum Gasteiger partial charge on any atom is 0.142 e. The summed E-state index contributed by atoms with van der Waals surface area (Å²) in [6, 6.07) is 10.8. The molecule has 0 amide bonds. The van der Waals surface area contributed by atoms with Gasteiger partial charge in [-0.15, -0.1) is 0 Å². The third kappa shape index (κ3) is 2.23. The topological polar surface area (TPSA) is 71.8 Å². The molecule has 0 saturated carbocycles. The Morgan fingerprint density at radius 3 is 3.08 bits per heavy atom. The monoisotopic (exact) mass is 330 g/mol. The van der Waals surface area contributed by atoms with E-state index in [0.29, 0.717) is 6.04 Å². The Morgan fingerprint density at radius 1 is 1.20 bits per heavy atom. The fraction of sp³-hybridized carbons (Fsp3) is 0.316. The van der Waals surface area contributed by atoms with Crippen molar-refractivity contribution in [3.05, 3.63) is 47.9 Å². The number of nitriles is 1. The van der Waals surface area contributed by atoms with Gasteiger partial charge in [-0.1, -0.05) is 0 Å². The first-order valence-electron chi connectivity index (χ1n) is 8.66. The van der Waals surface area contributed by atoms with Crippen molar-refractivity contribution in [1.82, 2.24) is 15.0 Å². The average Bonchev–Trinajstić information content (AvgIpc) is 3.38. The minimum absolute atomic E-state index is 0.484. The summed E-state index contributed by atoms with van der Waals surface area (Å²) in [5.74, 6) is 1.02. The zero-order valence-corrected chi connectivity index (χ0v) is 13.8. The first-order chi connectivity index (χ1) is 12.3. The van der Waals surface area contributed by atoms with Crippen LogP contribution in [0.15, 0.2) is 36.8 Å². The van der Waals surface area contributed by atoms with Crippen molar-refractivity contribution in [3.8, 4) is 6.07 Å². The van der Waals surface area contributed by atoms with Crippen molar-refractivity contribution in [2.75, 3.05) is 29.4 Å². The number of aromatic amines is 1. The van der Waals surface area contributed by atoms with Crippen LogP contribution in [0.25, 0.3) is 11.0 Å². The summed E-state index contributed by atoms with van der Waals surface area (Å²) in [5, 5.41) is 10.2. The van der Waals surface area contributed by atoms with E-state index in [2.05, 4.69) is 36.9 Å². The van der Waals surface area contributed by atoms with E-state index >= 15 is 0 Å². The van der Waals surface area contributed by atoms with Crippen LogP contribution in [-0.2, 0) is 6.42 Å². The van der Waals surface area contributed by atoms with Gasteiger partial charge in [0, 0.05) is 37.6 Å². The van der Waals surface area contributed by atoms with Crippen molar-refractivity contribution < 1.29 is 0 Å². The first kappa shape index (κ1) is 14.3. The number of H-pyrrole nitrogens is 1. The first-order valence-corrected chi connectivity index (χ1v) is 8.66. The van der Waals surface area contributed by atoms with Crippen LogP contribution in [0, 0.1) is 11.3 Å². The standard InChI is InChI=1S/C19H18N6/c20-10-13-1-2-17-14(9-13)4-8-25(17)15-5-7-24(11-15)19-16-3-6-21-18(16)22-12-23-19/h1-3,6,9,12,15H,4-5,7-8,11H2,(H,21,22,23)/t15-/m1/s1. The molecule has 2 aromatic heterocycles. The Hall–Kier alpha value is -3.07. The summed E-state index contributed by atoms with van der Waals surface area (Å²) >= 11 is 0. The maximum absolute atomic E-state index is 9.09. The molecule has 6 heteroatoms. The molecule has 1 N–H and O–H groups in total. The minimum atomic E-state index is 0.484. The van der Waals surface area contributed by atoms with E-state index in [1.165, 1.54) is 11.3 Å². The van der Waals surface area contributed by atoms with E-state index in [-0.39, 0.29) is 0 Å².